The van der Waals surface area contributed by atoms with Gasteiger partial charge in [-0.05, 0) is 62.1 Å². The molecule has 1 aromatic carbocycles. The van der Waals surface area contributed by atoms with Gasteiger partial charge in [-0.25, -0.2) is 0 Å². The summed E-state index contributed by atoms with van der Waals surface area (Å²) < 4.78 is 0. The third-order valence-corrected chi connectivity index (χ3v) is 3.83. The zero-order chi connectivity index (χ0) is 15.8. The number of benzene rings is 1. The number of phenolic OH excluding ortho intramolecular Hbond substituents is 1. The average molecular weight is 291 g/mol. The van der Waals surface area contributed by atoms with E-state index in [-0.39, 0.29) is 0 Å². The highest BCUT2D eigenvalue weighted by molar-refractivity contribution is 5.25. The van der Waals surface area contributed by atoms with E-state index >= 15 is 0 Å². The van der Waals surface area contributed by atoms with Crippen molar-refractivity contribution in [3.05, 3.63) is 29.8 Å². The molecule has 0 amide bonds. The van der Waals surface area contributed by atoms with Gasteiger partial charge in [-0.3, -0.25) is 0 Å². The lowest BCUT2D eigenvalue weighted by Crippen LogP contribution is -2.38. The standard InChI is InChI=1S/C19H33NO/c1-14(2)12-18(13-15(3)4)20-16(5)6-7-17-8-10-19(21)11-9-17/h8-11,14-16,18,20-21H,6-7,12-13H2,1-5H3. The first-order chi connectivity index (χ1) is 9.86. The molecule has 1 unspecified atom stereocenters. The molecule has 0 radical (unpaired) electrons. The van der Waals surface area contributed by atoms with E-state index in [0.29, 0.717) is 17.8 Å². The summed E-state index contributed by atoms with van der Waals surface area (Å²) in [5.41, 5.74) is 1.30. The molecular weight excluding hydrogens is 258 g/mol. The van der Waals surface area contributed by atoms with Gasteiger partial charge in [0.1, 0.15) is 5.75 Å². The highest BCUT2D eigenvalue weighted by atomic mass is 16.3. The zero-order valence-corrected chi connectivity index (χ0v) is 14.4. The maximum absolute atomic E-state index is 9.31. The van der Waals surface area contributed by atoms with Crippen molar-refractivity contribution in [2.75, 3.05) is 0 Å². The fourth-order valence-corrected chi connectivity index (χ4v) is 2.90. The molecule has 0 bridgehead atoms. The van der Waals surface area contributed by atoms with E-state index in [0.717, 1.165) is 24.7 Å². The predicted octanol–water partition coefficient (Wildman–Crippen LogP) is 4.76. The average Bonchev–Trinajstić information content (AvgIpc) is 2.36. The van der Waals surface area contributed by atoms with Crippen LogP contribution in [0.15, 0.2) is 24.3 Å². The van der Waals surface area contributed by atoms with Crippen molar-refractivity contribution in [1.29, 1.82) is 0 Å². The summed E-state index contributed by atoms with van der Waals surface area (Å²) in [6.45, 7) is 11.5. The Balaban J connectivity index is 2.41. The van der Waals surface area contributed by atoms with Crippen molar-refractivity contribution in [2.45, 2.75) is 72.4 Å². The number of nitrogens with one attached hydrogen (secondary N) is 1. The molecule has 1 aromatic rings. The van der Waals surface area contributed by atoms with Crippen molar-refractivity contribution >= 4 is 0 Å². The van der Waals surface area contributed by atoms with E-state index in [4.69, 9.17) is 0 Å². The number of hydrogen-bond donors (Lipinski definition) is 2. The van der Waals surface area contributed by atoms with Gasteiger partial charge < -0.3 is 10.4 Å². The predicted molar refractivity (Wildman–Crippen MR) is 91.7 cm³/mol. The van der Waals surface area contributed by atoms with Crippen LogP contribution >= 0.6 is 0 Å². The number of aryl methyl sites for hydroxylation is 1. The summed E-state index contributed by atoms with van der Waals surface area (Å²) in [6.07, 6.45) is 4.70. The van der Waals surface area contributed by atoms with Gasteiger partial charge in [0.15, 0.2) is 0 Å². The van der Waals surface area contributed by atoms with Crippen molar-refractivity contribution in [3.8, 4) is 5.75 Å². The van der Waals surface area contributed by atoms with Gasteiger partial charge in [-0.1, -0.05) is 39.8 Å². The summed E-state index contributed by atoms with van der Waals surface area (Å²) in [5, 5.41) is 13.1. The van der Waals surface area contributed by atoms with E-state index in [1.54, 1.807) is 12.1 Å². The van der Waals surface area contributed by atoms with Crippen LogP contribution in [0.25, 0.3) is 0 Å². The molecular formula is C19H33NO. The minimum Gasteiger partial charge on any atom is -0.508 e. The molecule has 0 heterocycles. The molecule has 21 heavy (non-hydrogen) atoms. The van der Waals surface area contributed by atoms with Crippen LogP contribution in [-0.4, -0.2) is 17.2 Å². The zero-order valence-electron chi connectivity index (χ0n) is 14.4. The number of aromatic hydroxyl groups is 1. The van der Waals surface area contributed by atoms with Crippen LogP contribution in [0.4, 0.5) is 0 Å². The molecule has 2 nitrogen and oxygen atoms in total. The van der Waals surface area contributed by atoms with Gasteiger partial charge in [0, 0.05) is 12.1 Å². The lowest BCUT2D eigenvalue weighted by molar-refractivity contribution is 0.326. The van der Waals surface area contributed by atoms with E-state index in [9.17, 15) is 5.11 Å². The SMILES string of the molecule is CC(C)CC(CC(C)C)NC(C)CCc1ccc(O)cc1. The third-order valence-electron chi connectivity index (χ3n) is 3.83. The first kappa shape index (κ1) is 18.0. The van der Waals surface area contributed by atoms with Crippen molar-refractivity contribution in [2.24, 2.45) is 11.8 Å². The Morgan fingerprint density at radius 1 is 0.905 bits per heavy atom. The molecule has 0 aliphatic carbocycles. The number of rotatable bonds is 9. The fraction of sp³-hybridized carbons (Fsp3) is 0.684. The minimum absolute atomic E-state index is 0.346. The summed E-state index contributed by atoms with van der Waals surface area (Å²) in [6, 6.07) is 8.73. The second-order valence-electron chi connectivity index (χ2n) is 7.23. The van der Waals surface area contributed by atoms with Crippen molar-refractivity contribution < 1.29 is 5.11 Å². The Hall–Kier alpha value is -1.02. The molecule has 1 rings (SSSR count). The second kappa shape index (κ2) is 9.09. The van der Waals surface area contributed by atoms with Crippen LogP contribution in [0.5, 0.6) is 5.75 Å². The van der Waals surface area contributed by atoms with E-state index in [1.165, 1.54) is 18.4 Å². The summed E-state index contributed by atoms with van der Waals surface area (Å²) in [4.78, 5) is 0. The molecule has 0 fully saturated rings. The minimum atomic E-state index is 0.346. The van der Waals surface area contributed by atoms with Gasteiger partial charge in [-0.2, -0.15) is 0 Å². The molecule has 120 valence electrons. The van der Waals surface area contributed by atoms with Crippen LogP contribution in [-0.2, 0) is 6.42 Å². The molecule has 2 heteroatoms. The number of hydrogen-bond acceptors (Lipinski definition) is 2. The largest absolute Gasteiger partial charge is 0.508 e. The van der Waals surface area contributed by atoms with Gasteiger partial charge in [-0.15, -0.1) is 0 Å². The first-order valence-electron chi connectivity index (χ1n) is 8.40. The molecule has 0 aliphatic heterocycles. The highest BCUT2D eigenvalue weighted by Crippen LogP contribution is 2.16. The smallest absolute Gasteiger partial charge is 0.115 e. The lowest BCUT2D eigenvalue weighted by atomic mass is 9.94. The molecule has 2 N–H and O–H groups in total. The van der Waals surface area contributed by atoms with Crippen LogP contribution in [0, 0.1) is 11.8 Å². The Kier molecular flexibility index (Phi) is 7.81. The molecule has 1 atom stereocenters. The monoisotopic (exact) mass is 291 g/mol. The van der Waals surface area contributed by atoms with E-state index in [2.05, 4.69) is 39.9 Å². The Labute approximate surface area is 131 Å². The maximum atomic E-state index is 9.31. The molecule has 0 aromatic heterocycles. The van der Waals surface area contributed by atoms with Crippen molar-refractivity contribution in [3.63, 3.8) is 0 Å². The van der Waals surface area contributed by atoms with Crippen LogP contribution in [0.3, 0.4) is 0 Å². The van der Waals surface area contributed by atoms with Crippen LogP contribution < -0.4 is 5.32 Å². The van der Waals surface area contributed by atoms with Gasteiger partial charge in [0.2, 0.25) is 0 Å². The van der Waals surface area contributed by atoms with E-state index < -0.39 is 0 Å². The molecule has 0 saturated carbocycles. The van der Waals surface area contributed by atoms with E-state index in [1.807, 2.05) is 12.1 Å². The summed E-state index contributed by atoms with van der Waals surface area (Å²) >= 11 is 0. The van der Waals surface area contributed by atoms with Crippen LogP contribution in [0.1, 0.15) is 59.4 Å². The van der Waals surface area contributed by atoms with Crippen molar-refractivity contribution in [1.82, 2.24) is 5.32 Å². The van der Waals surface area contributed by atoms with Gasteiger partial charge in [0.05, 0.1) is 0 Å². The first-order valence-corrected chi connectivity index (χ1v) is 8.40. The Morgan fingerprint density at radius 3 is 1.90 bits per heavy atom. The topological polar surface area (TPSA) is 32.3 Å². The van der Waals surface area contributed by atoms with Gasteiger partial charge >= 0.3 is 0 Å². The normalized spacial score (nSPS) is 13.3. The quantitative estimate of drug-likeness (QED) is 0.687. The maximum Gasteiger partial charge on any atom is 0.115 e. The summed E-state index contributed by atoms with van der Waals surface area (Å²) in [5.74, 6) is 1.83. The second-order valence-corrected chi connectivity index (χ2v) is 7.23. The molecule has 0 saturated heterocycles. The summed E-state index contributed by atoms with van der Waals surface area (Å²) in [7, 11) is 0. The molecule has 0 spiro atoms. The Morgan fingerprint density at radius 2 is 1.43 bits per heavy atom. The van der Waals surface area contributed by atoms with Crippen LogP contribution in [0.2, 0.25) is 0 Å². The lowest BCUT2D eigenvalue weighted by Gasteiger charge is -2.26. The van der Waals surface area contributed by atoms with Gasteiger partial charge in [0.25, 0.3) is 0 Å². The fourth-order valence-electron chi connectivity index (χ4n) is 2.90. The highest BCUT2D eigenvalue weighted by Gasteiger charge is 2.15. The number of phenols is 1. The molecule has 0 aliphatic rings. The Bertz CT molecular complexity index is 373. The third kappa shape index (κ3) is 8.11.